The van der Waals surface area contributed by atoms with Crippen LogP contribution in [-0.4, -0.2) is 27.2 Å². The average molecular weight is 320 g/mol. The van der Waals surface area contributed by atoms with Crippen molar-refractivity contribution in [2.75, 3.05) is 0 Å². The van der Waals surface area contributed by atoms with Gasteiger partial charge < -0.3 is 15.3 Å². The van der Waals surface area contributed by atoms with E-state index in [4.69, 9.17) is 0 Å². The first kappa shape index (κ1) is 16.1. The average Bonchev–Trinajstić information content (AvgIpc) is 2.83. The van der Waals surface area contributed by atoms with Gasteiger partial charge in [0, 0.05) is 12.8 Å². The number of allylic oxidation sites excluding steroid dienone is 1. The van der Waals surface area contributed by atoms with Gasteiger partial charge in [-0.2, -0.15) is 0 Å². The normalized spacial score (nSPS) is 49.6. The molecular formula is C20H32O3. The zero-order valence-electron chi connectivity index (χ0n) is 14.5. The first-order valence-corrected chi connectivity index (χ1v) is 9.63. The molecule has 6 unspecified atom stereocenters. The Labute approximate surface area is 139 Å². The molecule has 23 heavy (non-hydrogen) atoms. The van der Waals surface area contributed by atoms with Crippen LogP contribution in [0.4, 0.5) is 0 Å². The molecule has 3 saturated carbocycles. The van der Waals surface area contributed by atoms with Crippen molar-refractivity contribution in [1.29, 1.82) is 0 Å². The van der Waals surface area contributed by atoms with E-state index < -0.39 is 5.79 Å². The molecule has 3 heteroatoms. The molecule has 130 valence electrons. The second-order valence-corrected chi connectivity index (χ2v) is 9.22. The maximum atomic E-state index is 10.2. The molecule has 0 saturated heterocycles. The van der Waals surface area contributed by atoms with Crippen molar-refractivity contribution in [3.63, 3.8) is 0 Å². The van der Waals surface area contributed by atoms with Crippen molar-refractivity contribution in [2.24, 2.45) is 35.0 Å². The molecule has 0 radical (unpaired) electrons. The lowest BCUT2D eigenvalue weighted by Gasteiger charge is -2.54. The van der Waals surface area contributed by atoms with E-state index in [0.29, 0.717) is 30.1 Å². The third kappa shape index (κ3) is 2.42. The third-order valence-electron chi connectivity index (χ3n) is 8.14. The van der Waals surface area contributed by atoms with Crippen LogP contribution in [0.5, 0.6) is 0 Å². The molecule has 0 aromatic carbocycles. The highest BCUT2D eigenvalue weighted by Crippen LogP contribution is 2.64. The Morgan fingerprint density at radius 3 is 2.61 bits per heavy atom. The summed E-state index contributed by atoms with van der Waals surface area (Å²) in [4.78, 5) is 0. The van der Waals surface area contributed by atoms with E-state index in [1.165, 1.54) is 31.3 Å². The molecule has 3 nitrogen and oxygen atoms in total. The minimum absolute atomic E-state index is 0.185. The summed E-state index contributed by atoms with van der Waals surface area (Å²) >= 11 is 0. The quantitative estimate of drug-likeness (QED) is 0.513. The second kappa shape index (κ2) is 5.31. The van der Waals surface area contributed by atoms with E-state index in [0.717, 1.165) is 30.6 Å². The van der Waals surface area contributed by atoms with Crippen LogP contribution in [0, 0.1) is 35.0 Å². The number of hydrogen-bond donors (Lipinski definition) is 3. The number of fused-ring (bicyclic) bond motifs is 5. The fraction of sp³-hybridized carbons (Fsp3) is 0.900. The fourth-order valence-corrected chi connectivity index (χ4v) is 7.11. The lowest BCUT2D eigenvalue weighted by Crippen LogP contribution is -2.48. The van der Waals surface area contributed by atoms with E-state index in [1.807, 2.05) is 6.92 Å². The van der Waals surface area contributed by atoms with Gasteiger partial charge >= 0.3 is 0 Å². The lowest BCUT2D eigenvalue weighted by molar-refractivity contribution is -0.179. The molecule has 4 aliphatic carbocycles. The van der Waals surface area contributed by atoms with Crippen LogP contribution in [0.2, 0.25) is 0 Å². The Hall–Kier alpha value is -0.380. The maximum Gasteiger partial charge on any atom is 0.166 e. The predicted molar refractivity (Wildman–Crippen MR) is 89.4 cm³/mol. The minimum atomic E-state index is -1.47. The molecule has 0 spiro atoms. The highest BCUT2D eigenvalue weighted by molar-refractivity contribution is 5.21. The van der Waals surface area contributed by atoms with Crippen molar-refractivity contribution < 1.29 is 15.3 Å². The Kier molecular flexibility index (Phi) is 3.72. The summed E-state index contributed by atoms with van der Waals surface area (Å²) in [5.74, 6) is 1.80. The number of aliphatic hydroxyl groups excluding tert-OH is 1. The van der Waals surface area contributed by atoms with Gasteiger partial charge in [0.25, 0.3) is 0 Å². The standard InChI is InChI=1S/C20H32O3/c1-12(21)17-5-6-18-16-4-3-13-11-20(22,23)10-8-14(13)15(16)7-9-19(17,18)2/h3,12,14-18,21-23H,4-11H2,1-2H3/t12?,14?,15?,16?,17-,18?,19?/m1/s1. The van der Waals surface area contributed by atoms with Gasteiger partial charge in [0.2, 0.25) is 0 Å². The lowest BCUT2D eigenvalue weighted by atomic mass is 9.51. The van der Waals surface area contributed by atoms with Gasteiger partial charge in [0.1, 0.15) is 0 Å². The Bertz CT molecular complexity index is 509. The van der Waals surface area contributed by atoms with Gasteiger partial charge in [0.15, 0.2) is 5.79 Å². The molecular weight excluding hydrogens is 288 g/mol. The zero-order chi connectivity index (χ0) is 16.4. The van der Waals surface area contributed by atoms with Gasteiger partial charge in [-0.15, -0.1) is 0 Å². The SMILES string of the molecule is CC(O)[C@H]1CCC2C3CC=C4CC(O)(O)CCC4C3CCC21C. The molecule has 0 aromatic rings. The molecule has 7 atom stereocenters. The molecule has 0 amide bonds. The summed E-state index contributed by atoms with van der Waals surface area (Å²) in [5.41, 5.74) is 1.63. The van der Waals surface area contributed by atoms with Crippen LogP contribution in [0.1, 0.15) is 65.2 Å². The first-order valence-electron chi connectivity index (χ1n) is 9.63. The molecule has 0 aliphatic heterocycles. The Balaban J connectivity index is 1.59. The van der Waals surface area contributed by atoms with Crippen LogP contribution in [-0.2, 0) is 0 Å². The number of rotatable bonds is 1. The third-order valence-corrected chi connectivity index (χ3v) is 8.14. The highest BCUT2D eigenvalue weighted by atomic mass is 16.5. The molecule has 3 N–H and O–H groups in total. The van der Waals surface area contributed by atoms with E-state index in [-0.39, 0.29) is 6.10 Å². The highest BCUT2D eigenvalue weighted by Gasteiger charge is 2.57. The van der Waals surface area contributed by atoms with Crippen molar-refractivity contribution in [3.8, 4) is 0 Å². The van der Waals surface area contributed by atoms with E-state index in [2.05, 4.69) is 13.0 Å². The fourth-order valence-electron chi connectivity index (χ4n) is 7.11. The van der Waals surface area contributed by atoms with E-state index in [9.17, 15) is 15.3 Å². The van der Waals surface area contributed by atoms with Crippen LogP contribution >= 0.6 is 0 Å². The largest absolute Gasteiger partial charge is 0.393 e. The number of hydrogen-bond acceptors (Lipinski definition) is 3. The van der Waals surface area contributed by atoms with Crippen molar-refractivity contribution in [3.05, 3.63) is 11.6 Å². The van der Waals surface area contributed by atoms with Crippen LogP contribution in [0.15, 0.2) is 11.6 Å². The molecule has 0 aromatic heterocycles. The van der Waals surface area contributed by atoms with Crippen LogP contribution < -0.4 is 0 Å². The topological polar surface area (TPSA) is 60.7 Å². The molecule has 0 bridgehead atoms. The minimum Gasteiger partial charge on any atom is -0.393 e. The van der Waals surface area contributed by atoms with Gasteiger partial charge in [-0.05, 0) is 80.5 Å². The summed E-state index contributed by atoms with van der Waals surface area (Å²) in [5, 5.41) is 30.2. The second-order valence-electron chi connectivity index (χ2n) is 9.22. The van der Waals surface area contributed by atoms with Crippen molar-refractivity contribution in [1.82, 2.24) is 0 Å². The maximum absolute atomic E-state index is 10.2. The van der Waals surface area contributed by atoms with Gasteiger partial charge in [-0.1, -0.05) is 18.6 Å². The first-order chi connectivity index (χ1) is 10.8. The van der Waals surface area contributed by atoms with Gasteiger partial charge in [0.05, 0.1) is 6.10 Å². The Morgan fingerprint density at radius 1 is 1.09 bits per heavy atom. The summed E-state index contributed by atoms with van der Waals surface area (Å²) in [6.45, 7) is 4.41. The van der Waals surface area contributed by atoms with E-state index in [1.54, 1.807) is 0 Å². The predicted octanol–water partition coefficient (Wildman–Crippen LogP) is 3.24. The molecule has 4 rings (SSSR count). The smallest absolute Gasteiger partial charge is 0.166 e. The number of aliphatic hydroxyl groups is 3. The van der Waals surface area contributed by atoms with Crippen LogP contribution in [0.3, 0.4) is 0 Å². The molecule has 0 heterocycles. The summed E-state index contributed by atoms with van der Waals surface area (Å²) < 4.78 is 0. The summed E-state index contributed by atoms with van der Waals surface area (Å²) in [6.07, 6.45) is 10.1. The van der Waals surface area contributed by atoms with Gasteiger partial charge in [-0.3, -0.25) is 0 Å². The van der Waals surface area contributed by atoms with Gasteiger partial charge in [-0.25, -0.2) is 0 Å². The Morgan fingerprint density at radius 2 is 1.87 bits per heavy atom. The van der Waals surface area contributed by atoms with Crippen molar-refractivity contribution >= 4 is 0 Å². The molecule has 3 fully saturated rings. The van der Waals surface area contributed by atoms with E-state index >= 15 is 0 Å². The zero-order valence-corrected chi connectivity index (χ0v) is 14.5. The summed E-state index contributed by atoms with van der Waals surface area (Å²) in [6, 6.07) is 0. The van der Waals surface area contributed by atoms with Crippen molar-refractivity contribution in [2.45, 2.75) is 77.1 Å². The van der Waals surface area contributed by atoms with Crippen LogP contribution in [0.25, 0.3) is 0 Å². The monoisotopic (exact) mass is 320 g/mol. The molecule has 4 aliphatic rings. The summed E-state index contributed by atoms with van der Waals surface area (Å²) in [7, 11) is 0.